The molecule has 0 saturated carbocycles. The van der Waals surface area contributed by atoms with Gasteiger partial charge in [0.25, 0.3) is 17.5 Å². The molecule has 11 heteroatoms. The zero-order valence-corrected chi connectivity index (χ0v) is 20.4. The van der Waals surface area contributed by atoms with Gasteiger partial charge in [0.1, 0.15) is 11.4 Å². The number of aromatic hydroxyl groups is 1. The molecule has 0 unspecified atom stereocenters. The molecule has 0 aromatic heterocycles. The van der Waals surface area contributed by atoms with Gasteiger partial charge in [-0.3, -0.25) is 19.7 Å². The monoisotopic (exact) mass is 586 g/mol. The molecule has 0 radical (unpaired) electrons. The number of hydrazone groups is 1. The normalized spacial score (nSPS) is 11.3. The lowest BCUT2D eigenvalue weighted by Gasteiger charge is -2.09. The number of non-ortho nitro benzene ring substituents is 1. The third-order valence-corrected chi connectivity index (χ3v) is 5.43. The molecule has 34 heavy (non-hydrogen) atoms. The fourth-order valence-corrected chi connectivity index (χ4v) is 3.96. The Morgan fingerprint density at radius 2 is 1.71 bits per heavy atom. The van der Waals surface area contributed by atoms with E-state index in [1.54, 1.807) is 42.5 Å². The molecule has 3 aromatic carbocycles. The Morgan fingerprint density at radius 1 is 1.03 bits per heavy atom. The van der Waals surface area contributed by atoms with Crippen molar-refractivity contribution < 1.29 is 19.6 Å². The first-order chi connectivity index (χ1) is 16.2. The summed E-state index contributed by atoms with van der Waals surface area (Å²) in [6.07, 6.45) is 2.61. The highest BCUT2D eigenvalue weighted by Gasteiger charge is 2.15. The van der Waals surface area contributed by atoms with E-state index in [-0.39, 0.29) is 17.1 Å². The zero-order chi connectivity index (χ0) is 24.7. The molecule has 0 atom stereocenters. The first-order valence-electron chi connectivity index (χ1n) is 9.58. The van der Waals surface area contributed by atoms with Crippen molar-refractivity contribution >= 4 is 61.7 Å². The van der Waals surface area contributed by atoms with Crippen LogP contribution in [0.1, 0.15) is 21.5 Å². The van der Waals surface area contributed by atoms with Gasteiger partial charge in [0, 0.05) is 27.7 Å². The number of phenols is 1. The quantitative estimate of drug-likeness (QED) is 0.159. The van der Waals surface area contributed by atoms with Crippen LogP contribution in [-0.4, -0.2) is 28.1 Å². The van der Waals surface area contributed by atoms with Crippen LogP contribution in [0.5, 0.6) is 5.75 Å². The summed E-state index contributed by atoms with van der Waals surface area (Å²) >= 11 is 6.52. The number of amides is 2. The molecule has 9 nitrogen and oxygen atoms in total. The molecule has 0 aliphatic carbocycles. The highest BCUT2D eigenvalue weighted by atomic mass is 79.9. The van der Waals surface area contributed by atoms with Crippen LogP contribution in [0.15, 0.2) is 86.5 Å². The fourth-order valence-electron chi connectivity index (χ4n) is 2.71. The third kappa shape index (κ3) is 6.59. The molecule has 0 heterocycles. The molecule has 0 aliphatic rings. The summed E-state index contributed by atoms with van der Waals surface area (Å²) < 4.78 is 1.11. The van der Waals surface area contributed by atoms with E-state index >= 15 is 0 Å². The van der Waals surface area contributed by atoms with E-state index in [4.69, 9.17) is 0 Å². The van der Waals surface area contributed by atoms with Crippen molar-refractivity contribution in [1.29, 1.82) is 0 Å². The standard InChI is InChI=1S/C23H16Br2N4O5/c24-17-11-16(21(30)19(25)12-17)13-26-28-23(32)20(27-22(31)15-4-2-1-3-5-15)10-14-6-8-18(9-7-14)29(33)34/h1-13,30H,(H,27,31)(H,28,32)/b20-10-,26-13+. The molecule has 0 fully saturated rings. The van der Waals surface area contributed by atoms with Crippen LogP contribution in [0.2, 0.25) is 0 Å². The van der Waals surface area contributed by atoms with E-state index < -0.39 is 16.7 Å². The predicted molar refractivity (Wildman–Crippen MR) is 134 cm³/mol. The number of phenolic OH excluding ortho intramolecular Hbond substituents is 1. The minimum atomic E-state index is -0.743. The minimum Gasteiger partial charge on any atom is -0.506 e. The number of nitrogens with one attached hydrogen (secondary N) is 2. The molecule has 0 aliphatic heterocycles. The largest absolute Gasteiger partial charge is 0.506 e. The first kappa shape index (κ1) is 24.8. The Kier molecular flexibility index (Phi) is 8.28. The van der Waals surface area contributed by atoms with Gasteiger partial charge in [-0.1, -0.05) is 34.1 Å². The van der Waals surface area contributed by atoms with E-state index in [1.165, 1.54) is 36.6 Å². The Hall–Kier alpha value is -3.83. The first-order valence-corrected chi connectivity index (χ1v) is 11.2. The number of nitro benzene ring substituents is 1. The minimum absolute atomic E-state index is 0.0692. The highest BCUT2D eigenvalue weighted by Crippen LogP contribution is 2.30. The SMILES string of the molecule is O=C(N/N=C/c1cc(Br)cc(Br)c1O)/C(=C/c1ccc([N+](=O)[O-])cc1)NC(=O)c1ccccc1. The maximum atomic E-state index is 12.8. The Balaban J connectivity index is 1.85. The Bertz CT molecular complexity index is 1290. The van der Waals surface area contributed by atoms with Crippen LogP contribution >= 0.6 is 31.9 Å². The van der Waals surface area contributed by atoms with Crippen molar-refractivity contribution in [2.24, 2.45) is 5.10 Å². The Morgan fingerprint density at radius 3 is 2.35 bits per heavy atom. The van der Waals surface area contributed by atoms with Crippen LogP contribution in [0, 0.1) is 10.1 Å². The van der Waals surface area contributed by atoms with Crippen molar-refractivity contribution in [2.75, 3.05) is 0 Å². The van der Waals surface area contributed by atoms with E-state index in [0.717, 1.165) is 0 Å². The number of rotatable bonds is 7. The lowest BCUT2D eigenvalue weighted by atomic mass is 10.1. The third-order valence-electron chi connectivity index (χ3n) is 4.37. The molecule has 0 spiro atoms. The molecule has 3 rings (SSSR count). The lowest BCUT2D eigenvalue weighted by Crippen LogP contribution is -2.32. The molecule has 0 saturated heterocycles. The van der Waals surface area contributed by atoms with E-state index in [1.807, 2.05) is 0 Å². The van der Waals surface area contributed by atoms with Crippen molar-refractivity contribution in [1.82, 2.24) is 10.7 Å². The molecular formula is C23H16Br2N4O5. The van der Waals surface area contributed by atoms with Crippen LogP contribution in [0.4, 0.5) is 5.69 Å². The van der Waals surface area contributed by atoms with Crippen LogP contribution in [-0.2, 0) is 4.79 Å². The summed E-state index contributed by atoms with van der Waals surface area (Å²) in [5, 5.41) is 27.4. The fraction of sp³-hybridized carbons (Fsp3) is 0. The predicted octanol–water partition coefficient (Wildman–Crippen LogP) is 4.75. The summed E-state index contributed by atoms with van der Waals surface area (Å²) in [6.45, 7) is 0. The zero-order valence-electron chi connectivity index (χ0n) is 17.2. The smallest absolute Gasteiger partial charge is 0.287 e. The van der Waals surface area contributed by atoms with E-state index in [0.29, 0.717) is 25.6 Å². The van der Waals surface area contributed by atoms with Gasteiger partial charge in [-0.25, -0.2) is 5.43 Å². The second kappa shape index (κ2) is 11.3. The van der Waals surface area contributed by atoms with Crippen molar-refractivity contribution in [3.8, 4) is 5.75 Å². The second-order valence-electron chi connectivity index (χ2n) is 6.75. The summed E-state index contributed by atoms with van der Waals surface area (Å²) in [6, 6.07) is 17.0. The van der Waals surface area contributed by atoms with Crippen molar-refractivity contribution in [2.45, 2.75) is 0 Å². The van der Waals surface area contributed by atoms with Crippen molar-refractivity contribution in [3.63, 3.8) is 0 Å². The summed E-state index contributed by atoms with van der Waals surface area (Å²) in [5.74, 6) is -1.34. The van der Waals surface area contributed by atoms with Crippen LogP contribution < -0.4 is 10.7 Å². The van der Waals surface area contributed by atoms with Crippen molar-refractivity contribution in [3.05, 3.63) is 108 Å². The number of carbonyl (C=O) groups excluding carboxylic acids is 2. The maximum absolute atomic E-state index is 12.8. The van der Waals surface area contributed by atoms with Gasteiger partial charge in [-0.15, -0.1) is 0 Å². The van der Waals surface area contributed by atoms with E-state index in [2.05, 4.69) is 47.7 Å². The number of nitro groups is 1. The average Bonchev–Trinajstić information content (AvgIpc) is 2.82. The van der Waals surface area contributed by atoms with Gasteiger partial charge in [0.2, 0.25) is 0 Å². The summed E-state index contributed by atoms with van der Waals surface area (Å²) in [4.78, 5) is 35.7. The molecule has 3 aromatic rings. The highest BCUT2D eigenvalue weighted by molar-refractivity contribution is 9.11. The van der Waals surface area contributed by atoms with Gasteiger partial charge in [0.15, 0.2) is 0 Å². The molecule has 2 amide bonds. The van der Waals surface area contributed by atoms with Gasteiger partial charge in [0.05, 0.1) is 15.6 Å². The lowest BCUT2D eigenvalue weighted by molar-refractivity contribution is -0.384. The van der Waals surface area contributed by atoms with Gasteiger partial charge in [-0.2, -0.15) is 5.10 Å². The second-order valence-corrected chi connectivity index (χ2v) is 8.52. The number of hydrogen-bond donors (Lipinski definition) is 3. The van der Waals surface area contributed by atoms with Gasteiger partial charge in [-0.05, 0) is 64.0 Å². The number of nitrogens with zero attached hydrogens (tertiary/aromatic N) is 2. The molecular weight excluding hydrogens is 572 g/mol. The van der Waals surface area contributed by atoms with Gasteiger partial charge >= 0.3 is 0 Å². The van der Waals surface area contributed by atoms with Crippen LogP contribution in [0.25, 0.3) is 6.08 Å². The molecule has 0 bridgehead atoms. The average molecular weight is 588 g/mol. The van der Waals surface area contributed by atoms with Gasteiger partial charge < -0.3 is 10.4 Å². The maximum Gasteiger partial charge on any atom is 0.287 e. The number of benzene rings is 3. The molecule has 172 valence electrons. The van der Waals surface area contributed by atoms with E-state index in [9.17, 15) is 24.8 Å². The van der Waals surface area contributed by atoms with Crippen LogP contribution in [0.3, 0.4) is 0 Å². The topological polar surface area (TPSA) is 134 Å². The molecule has 3 N–H and O–H groups in total. The number of carbonyl (C=O) groups is 2. The summed E-state index contributed by atoms with van der Waals surface area (Å²) in [5.41, 5.74) is 3.16. The summed E-state index contributed by atoms with van der Waals surface area (Å²) in [7, 11) is 0. The number of halogens is 2. The number of hydrogen-bond acceptors (Lipinski definition) is 6. The Labute approximate surface area is 210 Å².